The Balaban J connectivity index is 1.38. The summed E-state index contributed by atoms with van der Waals surface area (Å²) in [4.78, 5) is 18.2. The molecule has 0 bridgehead atoms. The van der Waals surface area contributed by atoms with Crippen molar-refractivity contribution >= 4 is 33.7 Å². The van der Waals surface area contributed by atoms with Crippen LogP contribution in [-0.4, -0.2) is 50.8 Å². The first-order valence-electron chi connectivity index (χ1n) is 11.7. The highest BCUT2D eigenvalue weighted by Gasteiger charge is 2.34. The maximum Gasteiger partial charge on any atom is 0.196 e. The predicted molar refractivity (Wildman–Crippen MR) is 134 cm³/mol. The molecule has 4 aromatic rings. The molecule has 2 heterocycles. The molecule has 7 heteroatoms. The van der Waals surface area contributed by atoms with E-state index in [2.05, 4.69) is 38.5 Å². The van der Waals surface area contributed by atoms with Crippen molar-refractivity contribution in [3.05, 3.63) is 65.7 Å². The second-order valence-corrected chi connectivity index (χ2v) is 8.63. The van der Waals surface area contributed by atoms with Gasteiger partial charge in [0.1, 0.15) is 11.3 Å². The summed E-state index contributed by atoms with van der Waals surface area (Å²) < 4.78 is 11.2. The molecule has 2 aliphatic rings. The Labute approximate surface area is 197 Å². The Hall–Kier alpha value is -4.00. The lowest BCUT2D eigenvalue weighted by Crippen LogP contribution is -2.46. The highest BCUT2D eigenvalue weighted by atomic mass is 16.5. The number of carbonyl (C=O) groups excluding carboxylic acids is 1. The Bertz CT molecular complexity index is 1390. The van der Waals surface area contributed by atoms with E-state index >= 15 is 0 Å². The molecule has 172 valence electrons. The van der Waals surface area contributed by atoms with Crippen LogP contribution in [0.5, 0.6) is 5.75 Å². The largest absolute Gasteiger partial charge is 0.497 e. The second-order valence-electron chi connectivity index (χ2n) is 8.63. The predicted octanol–water partition coefficient (Wildman–Crippen LogP) is 4.81. The van der Waals surface area contributed by atoms with Gasteiger partial charge in [0.2, 0.25) is 0 Å². The normalized spacial score (nSPS) is 14.9. The van der Waals surface area contributed by atoms with Gasteiger partial charge < -0.3 is 24.4 Å². The minimum atomic E-state index is 0.0168. The van der Waals surface area contributed by atoms with E-state index in [1.165, 1.54) is 5.69 Å². The standard InChI is InChI=1S/C27H26N4O3/c1-3-28-21-16-22(31-14-12-30(13-15-31)17-8-10-18(33-2)11-9-17)25-24-23(21)26(32)19-6-4-5-7-20(19)27(24)34-29-25/h4-11,16,28H,3,12-15H2,1-2H3. The Morgan fingerprint density at radius 3 is 2.41 bits per heavy atom. The number of piperazine rings is 1. The third kappa shape index (κ3) is 3.11. The van der Waals surface area contributed by atoms with Crippen molar-refractivity contribution in [2.45, 2.75) is 6.92 Å². The topological polar surface area (TPSA) is 70.8 Å². The molecule has 1 saturated heterocycles. The average Bonchev–Trinajstić information content (AvgIpc) is 3.33. The van der Waals surface area contributed by atoms with Crippen LogP contribution >= 0.6 is 0 Å². The Morgan fingerprint density at radius 1 is 1.00 bits per heavy atom. The lowest BCUT2D eigenvalue weighted by atomic mass is 9.86. The van der Waals surface area contributed by atoms with Crippen molar-refractivity contribution in [1.29, 1.82) is 0 Å². The molecule has 3 aromatic carbocycles. The zero-order chi connectivity index (χ0) is 23.2. The Morgan fingerprint density at radius 2 is 1.71 bits per heavy atom. The van der Waals surface area contributed by atoms with Crippen LogP contribution in [0.25, 0.3) is 22.2 Å². The molecule has 34 heavy (non-hydrogen) atoms. The number of ether oxygens (including phenoxy) is 1. The summed E-state index contributed by atoms with van der Waals surface area (Å²) in [6.45, 7) is 6.23. The molecule has 7 nitrogen and oxygen atoms in total. The van der Waals surface area contributed by atoms with E-state index in [9.17, 15) is 4.79 Å². The van der Waals surface area contributed by atoms with E-state index in [1.54, 1.807) is 7.11 Å². The zero-order valence-electron chi connectivity index (χ0n) is 19.3. The summed E-state index contributed by atoms with van der Waals surface area (Å²) in [5.41, 5.74) is 5.92. The third-order valence-electron chi connectivity index (χ3n) is 6.80. The summed E-state index contributed by atoms with van der Waals surface area (Å²) in [6, 6.07) is 17.9. The highest BCUT2D eigenvalue weighted by Crippen LogP contribution is 2.45. The van der Waals surface area contributed by atoms with Crippen LogP contribution in [0.2, 0.25) is 0 Å². The van der Waals surface area contributed by atoms with E-state index < -0.39 is 0 Å². The number of hydrogen-bond donors (Lipinski definition) is 1. The number of carbonyl (C=O) groups is 1. The first kappa shape index (κ1) is 20.6. The van der Waals surface area contributed by atoms with Gasteiger partial charge in [-0.05, 0) is 37.3 Å². The van der Waals surface area contributed by atoms with Crippen LogP contribution in [0.1, 0.15) is 22.8 Å². The smallest absolute Gasteiger partial charge is 0.196 e. The molecule has 1 N–H and O–H groups in total. The van der Waals surface area contributed by atoms with Crippen molar-refractivity contribution in [1.82, 2.24) is 5.16 Å². The minimum Gasteiger partial charge on any atom is -0.497 e. The molecular weight excluding hydrogens is 428 g/mol. The fraction of sp³-hybridized carbons (Fsp3) is 0.259. The molecule has 0 amide bonds. The number of ketones is 1. The minimum absolute atomic E-state index is 0.0168. The molecule has 1 fully saturated rings. The first-order chi connectivity index (χ1) is 16.7. The van der Waals surface area contributed by atoms with E-state index in [-0.39, 0.29) is 5.78 Å². The molecule has 0 atom stereocenters. The van der Waals surface area contributed by atoms with Crippen LogP contribution < -0.4 is 19.9 Å². The zero-order valence-corrected chi connectivity index (χ0v) is 19.3. The maximum absolute atomic E-state index is 13.5. The monoisotopic (exact) mass is 454 g/mol. The molecule has 1 aromatic heterocycles. The number of nitrogens with zero attached hydrogens (tertiary/aromatic N) is 3. The number of fused-ring (bicyclic) bond motifs is 2. The molecular formula is C27H26N4O3. The van der Waals surface area contributed by atoms with Gasteiger partial charge in [0, 0.05) is 55.2 Å². The van der Waals surface area contributed by atoms with Crippen molar-refractivity contribution in [3.8, 4) is 17.1 Å². The van der Waals surface area contributed by atoms with Crippen LogP contribution in [-0.2, 0) is 0 Å². The summed E-state index contributed by atoms with van der Waals surface area (Å²) in [7, 11) is 1.68. The van der Waals surface area contributed by atoms with Gasteiger partial charge in [0.15, 0.2) is 11.5 Å². The van der Waals surface area contributed by atoms with E-state index in [1.807, 2.05) is 43.3 Å². The number of hydrogen-bond acceptors (Lipinski definition) is 7. The summed E-state index contributed by atoms with van der Waals surface area (Å²) in [6.07, 6.45) is 0. The lowest BCUT2D eigenvalue weighted by Gasteiger charge is -2.37. The Kier molecular flexibility index (Phi) is 4.90. The van der Waals surface area contributed by atoms with Gasteiger partial charge in [-0.25, -0.2) is 0 Å². The van der Waals surface area contributed by atoms with E-state index in [0.717, 1.165) is 66.3 Å². The molecule has 6 rings (SSSR count). The fourth-order valence-electron chi connectivity index (χ4n) is 5.11. The van der Waals surface area contributed by atoms with Gasteiger partial charge in [-0.15, -0.1) is 0 Å². The number of aromatic nitrogens is 1. The molecule has 0 radical (unpaired) electrons. The van der Waals surface area contributed by atoms with Crippen molar-refractivity contribution < 1.29 is 14.1 Å². The quantitative estimate of drug-likeness (QED) is 0.409. The van der Waals surface area contributed by atoms with Crippen molar-refractivity contribution in [2.75, 3.05) is 55.0 Å². The maximum atomic E-state index is 13.5. The summed E-state index contributed by atoms with van der Waals surface area (Å²) >= 11 is 0. The van der Waals surface area contributed by atoms with Crippen LogP contribution in [0, 0.1) is 0 Å². The van der Waals surface area contributed by atoms with Gasteiger partial charge in [-0.2, -0.15) is 0 Å². The summed E-state index contributed by atoms with van der Waals surface area (Å²) in [5.74, 6) is 1.56. The van der Waals surface area contributed by atoms with Gasteiger partial charge in [0.05, 0.1) is 23.7 Å². The number of methoxy groups -OCH3 is 1. The third-order valence-corrected chi connectivity index (χ3v) is 6.80. The lowest BCUT2D eigenvalue weighted by molar-refractivity contribution is 0.104. The molecule has 1 aliphatic heterocycles. The number of nitrogens with one attached hydrogen (secondary N) is 1. The first-order valence-corrected chi connectivity index (χ1v) is 11.7. The van der Waals surface area contributed by atoms with E-state index in [0.29, 0.717) is 16.9 Å². The molecule has 0 spiro atoms. The SMILES string of the molecule is CCNc1cc(N2CCN(c3ccc(OC)cc3)CC2)c2noc3c2c1C(=O)c1ccccc1-3. The fourth-order valence-corrected chi connectivity index (χ4v) is 5.11. The van der Waals surface area contributed by atoms with E-state index in [4.69, 9.17) is 9.26 Å². The highest BCUT2D eigenvalue weighted by molar-refractivity contribution is 6.28. The van der Waals surface area contributed by atoms with Crippen molar-refractivity contribution in [3.63, 3.8) is 0 Å². The van der Waals surface area contributed by atoms with Gasteiger partial charge in [-0.1, -0.05) is 29.4 Å². The van der Waals surface area contributed by atoms with Gasteiger partial charge >= 0.3 is 0 Å². The molecule has 1 aliphatic carbocycles. The van der Waals surface area contributed by atoms with Gasteiger partial charge in [-0.3, -0.25) is 4.79 Å². The second kappa shape index (κ2) is 8.09. The number of benzene rings is 3. The number of anilines is 3. The molecule has 0 saturated carbocycles. The van der Waals surface area contributed by atoms with Crippen LogP contribution in [0.15, 0.2) is 59.1 Å². The average molecular weight is 455 g/mol. The van der Waals surface area contributed by atoms with Gasteiger partial charge in [0.25, 0.3) is 0 Å². The number of rotatable bonds is 5. The van der Waals surface area contributed by atoms with Crippen LogP contribution in [0.4, 0.5) is 17.1 Å². The molecule has 0 unspecified atom stereocenters. The summed E-state index contributed by atoms with van der Waals surface area (Å²) in [5, 5.41) is 8.70. The van der Waals surface area contributed by atoms with Crippen LogP contribution in [0.3, 0.4) is 0 Å². The van der Waals surface area contributed by atoms with Crippen molar-refractivity contribution in [2.24, 2.45) is 0 Å².